The molecule has 0 spiro atoms. The lowest BCUT2D eigenvalue weighted by Gasteiger charge is -2.30. The van der Waals surface area contributed by atoms with E-state index in [0.717, 1.165) is 0 Å². The SMILES string of the molecule is [B]B([B])[B-]B([B])B([B])[B]. The van der Waals surface area contributed by atoms with Gasteiger partial charge in [0.1, 0.15) is 0 Å². The second kappa shape index (κ2) is 4.41. The molecule has 0 nitrogen and oxygen atoms in total. The number of rotatable bonds is 3. The van der Waals surface area contributed by atoms with Crippen molar-refractivity contribution in [1.29, 1.82) is 0 Å². The van der Waals surface area contributed by atoms with E-state index >= 15 is 0 Å². The molecule has 0 N–H and O–H groups in total. The van der Waals surface area contributed by atoms with E-state index in [1.807, 2.05) is 0 Å². The molecule has 28 valence electrons. The lowest BCUT2D eigenvalue weighted by Crippen LogP contribution is -2.50. The molecule has 0 rings (SSSR count). The minimum Gasteiger partial charge on any atom is -0.441 e. The van der Waals surface area contributed by atoms with Crippen LogP contribution in [0.5, 0.6) is 0 Å². The number of hydrogen-bond donors (Lipinski definition) is 0. The first-order valence-electron chi connectivity index (χ1n) is 2.67. The van der Waals surface area contributed by atoms with Gasteiger partial charge in [-0.2, -0.15) is 12.8 Å². The normalized spacial score (nSPS) is 8.44. The van der Waals surface area contributed by atoms with Gasteiger partial charge in [0.2, 0.25) is 0 Å². The first-order chi connectivity index (χ1) is 4.04. The van der Waals surface area contributed by atoms with Gasteiger partial charge in [0.15, 0.2) is 0 Å². The Kier molecular flexibility index (Phi) is 4.69. The lowest BCUT2D eigenvalue weighted by atomic mass is 8.70. The van der Waals surface area contributed by atoms with Crippen LogP contribution in [0.15, 0.2) is 0 Å². The minimum atomic E-state index is -0.584. The van der Waals surface area contributed by atoms with Gasteiger partial charge in [0.25, 0.3) is 0 Å². The van der Waals surface area contributed by atoms with E-state index in [1.54, 1.807) is 0 Å². The van der Waals surface area contributed by atoms with Gasteiger partial charge in [0, 0.05) is 0 Å². The Hall–Kier alpha value is 0.584. The summed E-state index contributed by atoms with van der Waals surface area (Å²) in [6.07, 6.45) is -1.56. The molecular weight excluding hydrogens is 97.3 g/mol. The van der Waals surface area contributed by atoms with Crippen molar-refractivity contribution in [3.8, 4) is 0 Å². The lowest BCUT2D eigenvalue weighted by molar-refractivity contribution is 3.64. The summed E-state index contributed by atoms with van der Waals surface area (Å²) < 4.78 is 0. The first kappa shape index (κ1) is 9.58. The third kappa shape index (κ3) is 5.05. The van der Waals surface area contributed by atoms with Gasteiger partial charge in [0.05, 0.1) is 0 Å². The summed E-state index contributed by atoms with van der Waals surface area (Å²) in [6.45, 7) is 0. The van der Waals surface area contributed by atoms with E-state index in [9.17, 15) is 0 Å². The van der Waals surface area contributed by atoms with E-state index in [4.69, 9.17) is 38.7 Å². The molecule has 0 aromatic rings. The molecule has 0 aliphatic heterocycles. The Bertz CT molecular complexity index is 62.4. The van der Waals surface area contributed by atoms with E-state index in [1.165, 1.54) is 7.06 Å². The highest BCUT2D eigenvalue weighted by Gasteiger charge is 1.97. The predicted octanol–water partition coefficient (Wildman–Crippen LogP) is -3.43. The molecule has 0 aliphatic carbocycles. The molecule has 0 unspecified atom stereocenters. The zero-order valence-electron chi connectivity index (χ0n) is 5.20. The third-order valence-electron chi connectivity index (χ3n) is 0.889. The highest BCUT2D eigenvalue weighted by Crippen LogP contribution is 1.74. The Balaban J connectivity index is 3.38. The van der Waals surface area contributed by atoms with Gasteiger partial charge >= 0.3 is 0 Å². The van der Waals surface area contributed by atoms with E-state index in [2.05, 4.69) is 0 Å². The molecule has 12 radical (unpaired) electrons. The van der Waals surface area contributed by atoms with Crippen molar-refractivity contribution in [2.75, 3.05) is 0 Å². The maximum absolute atomic E-state index is 5.35. The molecule has 9 heavy (non-hydrogen) atoms. The van der Waals surface area contributed by atoms with E-state index in [0.29, 0.717) is 0 Å². The van der Waals surface area contributed by atoms with Gasteiger partial charge in [-0.15, -0.1) is 0 Å². The van der Waals surface area contributed by atoms with Crippen LogP contribution in [0.2, 0.25) is 0 Å². The largest absolute Gasteiger partial charge is 0.441 e. The van der Waals surface area contributed by atoms with Gasteiger partial charge < -0.3 is 7.06 Å². The Labute approximate surface area is 65.5 Å². The minimum absolute atomic E-state index is 0.426. The van der Waals surface area contributed by atoms with Crippen molar-refractivity contribution >= 4 is 64.9 Å². The molecule has 9 heteroatoms. The van der Waals surface area contributed by atoms with Gasteiger partial charge in [-0.25, -0.2) is 0 Å². The number of hydrogen-bond acceptors (Lipinski definition) is 0. The Morgan fingerprint density at radius 1 is 0.889 bits per heavy atom. The van der Waals surface area contributed by atoms with Gasteiger partial charge in [-0.05, 0) is 45.1 Å². The molecule has 0 saturated carbocycles. The zero-order valence-corrected chi connectivity index (χ0v) is 5.20. The molecule has 0 bridgehead atoms. The Morgan fingerprint density at radius 2 is 1.33 bits per heavy atom. The van der Waals surface area contributed by atoms with E-state index in [-0.39, 0.29) is 0 Å². The van der Waals surface area contributed by atoms with Crippen molar-refractivity contribution in [3.05, 3.63) is 0 Å². The second-order valence-electron chi connectivity index (χ2n) is 1.92. The topological polar surface area (TPSA) is 0 Å². The van der Waals surface area contributed by atoms with Crippen molar-refractivity contribution in [2.45, 2.75) is 0 Å². The molecule has 0 amide bonds. The fraction of sp³-hybridized carbons (Fsp3) is 0. The summed E-state index contributed by atoms with van der Waals surface area (Å²) in [6, 6.07) is 0. The second-order valence-corrected chi connectivity index (χ2v) is 1.92. The monoisotopic (exact) mass is 99.1 g/mol. The van der Waals surface area contributed by atoms with Crippen molar-refractivity contribution < 1.29 is 0 Å². The summed E-state index contributed by atoms with van der Waals surface area (Å²) in [5.41, 5.74) is 0. The fourth-order valence-corrected chi connectivity index (χ4v) is 0.385. The molecular formula is B9-. The summed E-state index contributed by atoms with van der Waals surface area (Å²) in [5, 5.41) is 0. The molecule has 0 aromatic carbocycles. The quantitative estimate of drug-likeness (QED) is 0.322. The summed E-state index contributed by atoms with van der Waals surface area (Å²) in [5.74, 6) is 0. The first-order valence-corrected chi connectivity index (χ1v) is 2.67. The third-order valence-corrected chi connectivity index (χ3v) is 0.889. The molecule has 0 aromatic heterocycles. The maximum Gasteiger partial charge on any atom is -0.00300 e. The van der Waals surface area contributed by atoms with Gasteiger partial charge in [-0.1, -0.05) is 0 Å². The Morgan fingerprint density at radius 3 is 1.44 bits per heavy atom. The van der Waals surface area contributed by atoms with E-state index < -0.39 is 19.2 Å². The smallest absolute Gasteiger partial charge is 0.00300 e. The average Bonchev–Trinajstić information content (AvgIpc) is 1.63. The van der Waals surface area contributed by atoms with Crippen LogP contribution in [0.4, 0.5) is 0 Å². The molecule has 0 saturated heterocycles. The van der Waals surface area contributed by atoms with Crippen molar-refractivity contribution in [2.24, 2.45) is 0 Å². The van der Waals surface area contributed by atoms with Crippen molar-refractivity contribution in [1.82, 2.24) is 0 Å². The van der Waals surface area contributed by atoms with Crippen LogP contribution in [0, 0.1) is 0 Å². The highest BCUT2D eigenvalue weighted by atomic mass is 12.9. The van der Waals surface area contributed by atoms with Crippen LogP contribution in [0.1, 0.15) is 0 Å². The van der Waals surface area contributed by atoms with Crippen molar-refractivity contribution in [3.63, 3.8) is 0 Å². The maximum atomic E-state index is 5.35. The van der Waals surface area contributed by atoms with Crippen LogP contribution < -0.4 is 0 Å². The molecule has 0 fully saturated rings. The average molecular weight is 97.3 g/mol. The van der Waals surface area contributed by atoms with Crippen LogP contribution in [-0.4, -0.2) is 64.9 Å². The van der Waals surface area contributed by atoms with Crippen LogP contribution >= 0.6 is 0 Å². The fourth-order valence-electron chi connectivity index (χ4n) is 0.385. The predicted molar refractivity (Wildman–Crippen MR) is 51.8 cm³/mol. The van der Waals surface area contributed by atoms with Crippen LogP contribution in [0.3, 0.4) is 0 Å². The molecule has 0 aliphatic rings. The summed E-state index contributed by atoms with van der Waals surface area (Å²) in [4.78, 5) is 0. The molecule has 0 atom stereocenters. The summed E-state index contributed by atoms with van der Waals surface area (Å²) in [7, 11) is 27.6. The zero-order chi connectivity index (χ0) is 7.44. The summed E-state index contributed by atoms with van der Waals surface area (Å²) >= 11 is 0. The van der Waals surface area contributed by atoms with Crippen LogP contribution in [-0.2, 0) is 0 Å². The van der Waals surface area contributed by atoms with Gasteiger partial charge in [-0.3, -0.25) is 0 Å². The van der Waals surface area contributed by atoms with Crippen LogP contribution in [0.25, 0.3) is 0 Å². The standard InChI is InChI=1S/B9/c1-7(2)6-9(5)8(3)4/q-1. The molecule has 0 heterocycles. The highest BCUT2D eigenvalue weighted by molar-refractivity contribution is 7.88.